The molecular formula is C14H23N3O3. The summed E-state index contributed by atoms with van der Waals surface area (Å²) in [5.41, 5.74) is 0.0178. The van der Waals surface area contributed by atoms with Crippen LogP contribution in [0.15, 0.2) is 6.33 Å². The molecule has 0 radical (unpaired) electrons. The van der Waals surface area contributed by atoms with Gasteiger partial charge >= 0.3 is 5.97 Å². The molecule has 0 saturated heterocycles. The van der Waals surface area contributed by atoms with E-state index < -0.39 is 11.4 Å². The van der Waals surface area contributed by atoms with E-state index >= 15 is 0 Å². The number of carboxylic acids is 1. The van der Waals surface area contributed by atoms with Gasteiger partial charge in [-0.15, -0.1) is 0 Å². The summed E-state index contributed by atoms with van der Waals surface area (Å²) in [6, 6.07) is 0. The Bertz CT molecular complexity index is 459. The molecule has 0 spiro atoms. The number of carbonyl (C=O) groups is 1. The summed E-state index contributed by atoms with van der Waals surface area (Å²) in [4.78, 5) is 19.7. The van der Waals surface area contributed by atoms with Crippen molar-refractivity contribution < 1.29 is 14.6 Å². The van der Waals surface area contributed by atoms with Gasteiger partial charge in [0, 0.05) is 6.54 Å². The third-order valence-electron chi connectivity index (χ3n) is 3.72. The van der Waals surface area contributed by atoms with Crippen LogP contribution in [-0.2, 0) is 4.79 Å². The predicted molar refractivity (Wildman–Crippen MR) is 77.1 cm³/mol. The molecule has 6 nitrogen and oxygen atoms in total. The van der Waals surface area contributed by atoms with Gasteiger partial charge in [0.1, 0.15) is 12.1 Å². The lowest BCUT2D eigenvalue weighted by atomic mass is 9.82. The number of hydrogen-bond donors (Lipinski definition) is 2. The summed E-state index contributed by atoms with van der Waals surface area (Å²) < 4.78 is 5.40. The summed E-state index contributed by atoms with van der Waals surface area (Å²) >= 11 is 0. The van der Waals surface area contributed by atoms with Crippen molar-refractivity contribution in [2.75, 3.05) is 18.5 Å². The Morgan fingerprint density at radius 3 is 2.50 bits per heavy atom. The Morgan fingerprint density at radius 2 is 2.00 bits per heavy atom. The molecule has 0 atom stereocenters. The molecule has 0 aliphatic carbocycles. The van der Waals surface area contributed by atoms with E-state index in [1.165, 1.54) is 6.33 Å². The molecule has 0 aliphatic heterocycles. The van der Waals surface area contributed by atoms with Crippen LogP contribution in [0.4, 0.5) is 5.82 Å². The molecule has 20 heavy (non-hydrogen) atoms. The van der Waals surface area contributed by atoms with Gasteiger partial charge in [-0.2, -0.15) is 0 Å². The van der Waals surface area contributed by atoms with Crippen LogP contribution in [0.25, 0.3) is 0 Å². The van der Waals surface area contributed by atoms with Gasteiger partial charge in [-0.3, -0.25) is 4.79 Å². The number of nitrogens with zero attached hydrogens (tertiary/aromatic N) is 2. The molecule has 0 aromatic carbocycles. The van der Waals surface area contributed by atoms with Gasteiger partial charge in [0.25, 0.3) is 0 Å². The monoisotopic (exact) mass is 281 g/mol. The van der Waals surface area contributed by atoms with Crippen molar-refractivity contribution in [1.29, 1.82) is 0 Å². The van der Waals surface area contributed by atoms with E-state index in [4.69, 9.17) is 4.74 Å². The van der Waals surface area contributed by atoms with Crippen LogP contribution in [0.5, 0.6) is 5.88 Å². The zero-order valence-corrected chi connectivity index (χ0v) is 12.6. The van der Waals surface area contributed by atoms with Crippen LogP contribution in [0, 0.1) is 12.3 Å². The fourth-order valence-electron chi connectivity index (χ4n) is 2.03. The van der Waals surface area contributed by atoms with Crippen LogP contribution in [0.1, 0.15) is 39.2 Å². The van der Waals surface area contributed by atoms with Gasteiger partial charge in [-0.05, 0) is 26.7 Å². The Balaban J connectivity index is 2.88. The fourth-order valence-corrected chi connectivity index (χ4v) is 2.03. The molecule has 0 fully saturated rings. The molecule has 0 bridgehead atoms. The first-order valence-corrected chi connectivity index (χ1v) is 6.92. The molecule has 1 heterocycles. The standard InChI is InChI=1S/C14H23N3O3/c1-5-14(6-2,13(18)19)8-15-11-10(4)12(20-7-3)17-9-16-11/h9H,5-8H2,1-4H3,(H,18,19)(H,15,16,17). The molecule has 0 unspecified atom stereocenters. The number of nitrogens with one attached hydrogen (secondary N) is 1. The largest absolute Gasteiger partial charge is 0.481 e. The summed E-state index contributed by atoms with van der Waals surface area (Å²) in [7, 11) is 0. The first-order chi connectivity index (χ1) is 9.50. The Kier molecular flexibility index (Phi) is 5.73. The van der Waals surface area contributed by atoms with Crippen molar-refractivity contribution in [3.05, 3.63) is 11.9 Å². The number of carboxylic acid groups (broad SMARTS) is 1. The first-order valence-electron chi connectivity index (χ1n) is 6.92. The molecule has 1 aromatic heterocycles. The van der Waals surface area contributed by atoms with Gasteiger partial charge in [-0.1, -0.05) is 13.8 Å². The topological polar surface area (TPSA) is 84.3 Å². The molecule has 112 valence electrons. The maximum atomic E-state index is 11.5. The van der Waals surface area contributed by atoms with Gasteiger partial charge in [0.15, 0.2) is 0 Å². The van der Waals surface area contributed by atoms with E-state index in [1.807, 2.05) is 27.7 Å². The van der Waals surface area contributed by atoms with E-state index in [0.717, 1.165) is 5.56 Å². The lowest BCUT2D eigenvalue weighted by Gasteiger charge is -2.27. The van der Waals surface area contributed by atoms with Crippen LogP contribution in [0.2, 0.25) is 0 Å². The second kappa shape index (κ2) is 7.07. The lowest BCUT2D eigenvalue weighted by Crippen LogP contribution is -2.37. The van der Waals surface area contributed by atoms with Gasteiger partial charge in [0.05, 0.1) is 17.6 Å². The minimum Gasteiger partial charge on any atom is -0.481 e. The number of rotatable bonds is 8. The Morgan fingerprint density at radius 1 is 1.35 bits per heavy atom. The van der Waals surface area contributed by atoms with Crippen molar-refractivity contribution in [2.24, 2.45) is 5.41 Å². The van der Waals surface area contributed by atoms with E-state index in [-0.39, 0.29) is 0 Å². The summed E-state index contributed by atoms with van der Waals surface area (Å²) in [6.45, 7) is 8.38. The molecule has 2 N–H and O–H groups in total. The van der Waals surface area contributed by atoms with Crippen molar-refractivity contribution in [3.63, 3.8) is 0 Å². The molecule has 1 rings (SSSR count). The molecule has 1 aromatic rings. The smallest absolute Gasteiger partial charge is 0.311 e. The van der Waals surface area contributed by atoms with Crippen LogP contribution in [-0.4, -0.2) is 34.2 Å². The van der Waals surface area contributed by atoms with Gasteiger partial charge < -0.3 is 15.2 Å². The van der Waals surface area contributed by atoms with Crippen LogP contribution in [0.3, 0.4) is 0 Å². The van der Waals surface area contributed by atoms with E-state index in [0.29, 0.717) is 37.7 Å². The highest BCUT2D eigenvalue weighted by Crippen LogP contribution is 2.28. The molecule has 0 amide bonds. The normalized spacial score (nSPS) is 11.2. The average Bonchev–Trinajstić information content (AvgIpc) is 2.44. The molecule has 0 saturated carbocycles. The highest BCUT2D eigenvalue weighted by atomic mass is 16.5. The zero-order valence-electron chi connectivity index (χ0n) is 12.6. The summed E-state index contributed by atoms with van der Waals surface area (Å²) in [6.07, 6.45) is 2.54. The third kappa shape index (κ3) is 3.37. The highest BCUT2D eigenvalue weighted by molar-refractivity contribution is 5.75. The zero-order chi connectivity index (χ0) is 15.2. The SMILES string of the molecule is CCOc1ncnc(NCC(CC)(CC)C(=O)O)c1C. The number of anilines is 1. The molecular weight excluding hydrogens is 258 g/mol. The number of aromatic nitrogens is 2. The number of ether oxygens (including phenoxy) is 1. The van der Waals surface area contributed by atoms with Crippen molar-refractivity contribution in [1.82, 2.24) is 9.97 Å². The maximum Gasteiger partial charge on any atom is 0.311 e. The number of hydrogen-bond acceptors (Lipinski definition) is 5. The summed E-state index contributed by atoms with van der Waals surface area (Å²) in [5.74, 6) is 0.363. The van der Waals surface area contributed by atoms with Gasteiger partial charge in [-0.25, -0.2) is 9.97 Å². The minimum absolute atomic E-state index is 0.332. The first kappa shape index (κ1) is 16.2. The molecule has 6 heteroatoms. The lowest BCUT2D eigenvalue weighted by molar-refractivity contribution is -0.148. The number of aliphatic carboxylic acids is 1. The van der Waals surface area contributed by atoms with E-state index in [9.17, 15) is 9.90 Å². The second-order valence-corrected chi connectivity index (χ2v) is 4.73. The van der Waals surface area contributed by atoms with Crippen molar-refractivity contribution in [3.8, 4) is 5.88 Å². The fraction of sp³-hybridized carbons (Fsp3) is 0.643. The summed E-state index contributed by atoms with van der Waals surface area (Å²) in [5, 5.41) is 12.5. The average molecular weight is 281 g/mol. The Hall–Kier alpha value is -1.85. The van der Waals surface area contributed by atoms with Gasteiger partial charge in [0.2, 0.25) is 5.88 Å². The third-order valence-corrected chi connectivity index (χ3v) is 3.72. The quantitative estimate of drug-likeness (QED) is 0.761. The second-order valence-electron chi connectivity index (χ2n) is 4.73. The van der Waals surface area contributed by atoms with Crippen molar-refractivity contribution >= 4 is 11.8 Å². The van der Waals surface area contributed by atoms with E-state index in [1.54, 1.807) is 0 Å². The highest BCUT2D eigenvalue weighted by Gasteiger charge is 2.34. The minimum atomic E-state index is -0.785. The maximum absolute atomic E-state index is 11.5. The van der Waals surface area contributed by atoms with Crippen molar-refractivity contribution in [2.45, 2.75) is 40.5 Å². The predicted octanol–water partition coefficient (Wildman–Crippen LogP) is 2.49. The molecule has 0 aliphatic rings. The Labute approximate surface area is 119 Å². The van der Waals surface area contributed by atoms with Crippen LogP contribution < -0.4 is 10.1 Å². The van der Waals surface area contributed by atoms with E-state index in [2.05, 4.69) is 15.3 Å². The van der Waals surface area contributed by atoms with Crippen LogP contribution >= 0.6 is 0 Å².